The van der Waals surface area contributed by atoms with Crippen LogP contribution >= 0.6 is 15.9 Å². The first-order chi connectivity index (χ1) is 8.09. The molecule has 3 heteroatoms. The van der Waals surface area contributed by atoms with E-state index < -0.39 is 0 Å². The first kappa shape index (κ1) is 12.3. The average molecular weight is 291 g/mol. The van der Waals surface area contributed by atoms with Crippen LogP contribution in [0.2, 0.25) is 0 Å². The van der Waals surface area contributed by atoms with E-state index in [9.17, 15) is 0 Å². The van der Waals surface area contributed by atoms with Crippen LogP contribution in [0.15, 0.2) is 41.1 Å². The Bertz CT molecular complexity index is 537. The van der Waals surface area contributed by atoms with E-state index in [1.165, 1.54) is 11.1 Å². The summed E-state index contributed by atoms with van der Waals surface area (Å²) in [7, 11) is 0. The zero-order valence-corrected chi connectivity index (χ0v) is 11.5. The average Bonchev–Trinajstić information content (AvgIpc) is 2.32. The van der Waals surface area contributed by atoms with E-state index in [4.69, 9.17) is 5.73 Å². The molecule has 1 heterocycles. The van der Waals surface area contributed by atoms with Crippen molar-refractivity contribution in [3.05, 3.63) is 63.4 Å². The summed E-state index contributed by atoms with van der Waals surface area (Å²) in [6, 6.07) is 8.07. The van der Waals surface area contributed by atoms with Crippen LogP contribution in [0.4, 0.5) is 0 Å². The van der Waals surface area contributed by atoms with Crippen molar-refractivity contribution >= 4 is 15.9 Å². The lowest BCUT2D eigenvalue weighted by Crippen LogP contribution is -2.13. The molecule has 0 saturated heterocycles. The minimum absolute atomic E-state index is 0.115. The highest BCUT2D eigenvalue weighted by atomic mass is 79.9. The van der Waals surface area contributed by atoms with Crippen LogP contribution in [0.1, 0.15) is 28.3 Å². The molecule has 1 unspecified atom stereocenters. The molecule has 1 aromatic heterocycles. The Morgan fingerprint density at radius 1 is 1.18 bits per heavy atom. The third-order valence-electron chi connectivity index (χ3n) is 2.96. The molecule has 2 N–H and O–H groups in total. The Hall–Kier alpha value is -1.19. The zero-order valence-electron chi connectivity index (χ0n) is 9.94. The van der Waals surface area contributed by atoms with Gasteiger partial charge in [0.2, 0.25) is 0 Å². The number of nitrogens with zero attached hydrogens (tertiary/aromatic N) is 1. The molecule has 2 aromatic rings. The minimum atomic E-state index is -0.115. The van der Waals surface area contributed by atoms with E-state index in [-0.39, 0.29) is 6.04 Å². The van der Waals surface area contributed by atoms with Crippen LogP contribution in [-0.4, -0.2) is 4.98 Å². The zero-order chi connectivity index (χ0) is 12.4. The molecule has 0 aliphatic heterocycles. The van der Waals surface area contributed by atoms with Gasteiger partial charge < -0.3 is 5.73 Å². The summed E-state index contributed by atoms with van der Waals surface area (Å²) >= 11 is 3.50. The quantitative estimate of drug-likeness (QED) is 0.919. The number of pyridine rings is 1. The molecule has 1 atom stereocenters. The van der Waals surface area contributed by atoms with Gasteiger partial charge in [0.15, 0.2) is 0 Å². The minimum Gasteiger partial charge on any atom is -0.320 e. The van der Waals surface area contributed by atoms with Crippen molar-refractivity contribution in [3.63, 3.8) is 0 Å². The Kier molecular flexibility index (Phi) is 3.60. The lowest BCUT2D eigenvalue weighted by molar-refractivity contribution is 0.850. The highest BCUT2D eigenvalue weighted by Gasteiger charge is 2.12. The predicted molar refractivity (Wildman–Crippen MR) is 73.9 cm³/mol. The van der Waals surface area contributed by atoms with Gasteiger partial charge in [-0.05, 0) is 48.2 Å². The van der Waals surface area contributed by atoms with Crippen LogP contribution in [0.5, 0.6) is 0 Å². The molecular weight excluding hydrogens is 276 g/mol. The lowest BCUT2D eigenvalue weighted by Gasteiger charge is -2.15. The number of aryl methyl sites for hydroxylation is 2. The summed E-state index contributed by atoms with van der Waals surface area (Å²) in [6.07, 6.45) is 3.63. The molecule has 0 saturated carbocycles. The van der Waals surface area contributed by atoms with Crippen molar-refractivity contribution in [2.45, 2.75) is 19.9 Å². The first-order valence-corrected chi connectivity index (χ1v) is 6.31. The van der Waals surface area contributed by atoms with Crippen LogP contribution in [0.25, 0.3) is 0 Å². The fourth-order valence-electron chi connectivity index (χ4n) is 1.84. The van der Waals surface area contributed by atoms with E-state index in [0.29, 0.717) is 0 Å². The Balaban J connectivity index is 2.40. The highest BCUT2D eigenvalue weighted by Crippen LogP contribution is 2.25. The SMILES string of the molecule is Cc1cc(C(N)c2cnccc2C)ccc1Br. The number of halogens is 1. The van der Waals surface area contributed by atoms with Crippen molar-refractivity contribution in [2.24, 2.45) is 5.73 Å². The second kappa shape index (κ2) is 4.98. The number of benzene rings is 1. The number of hydrogen-bond donors (Lipinski definition) is 1. The number of nitrogens with two attached hydrogens (primary N) is 1. The molecule has 0 radical (unpaired) electrons. The van der Waals surface area contributed by atoms with Gasteiger partial charge in [-0.15, -0.1) is 0 Å². The van der Waals surface area contributed by atoms with Crippen LogP contribution in [-0.2, 0) is 0 Å². The van der Waals surface area contributed by atoms with Crippen molar-refractivity contribution in [2.75, 3.05) is 0 Å². The number of rotatable bonds is 2. The number of hydrogen-bond acceptors (Lipinski definition) is 2. The Morgan fingerprint density at radius 2 is 1.94 bits per heavy atom. The maximum atomic E-state index is 6.28. The second-order valence-corrected chi connectivity index (χ2v) is 5.07. The summed E-state index contributed by atoms with van der Waals surface area (Å²) in [5.74, 6) is 0. The summed E-state index contributed by atoms with van der Waals surface area (Å²) < 4.78 is 1.11. The lowest BCUT2D eigenvalue weighted by atomic mass is 9.96. The van der Waals surface area contributed by atoms with Crippen molar-refractivity contribution in [3.8, 4) is 0 Å². The molecule has 0 aliphatic carbocycles. The summed E-state index contributed by atoms with van der Waals surface area (Å²) in [6.45, 7) is 4.12. The van der Waals surface area contributed by atoms with Gasteiger partial charge in [-0.2, -0.15) is 0 Å². The molecule has 88 valence electrons. The Morgan fingerprint density at radius 3 is 2.59 bits per heavy atom. The smallest absolute Gasteiger partial charge is 0.0569 e. The third kappa shape index (κ3) is 2.56. The van der Waals surface area contributed by atoms with Gasteiger partial charge in [0.05, 0.1) is 6.04 Å². The van der Waals surface area contributed by atoms with Gasteiger partial charge in [0.1, 0.15) is 0 Å². The number of aromatic nitrogens is 1. The second-order valence-electron chi connectivity index (χ2n) is 4.22. The summed E-state index contributed by atoms with van der Waals surface area (Å²) in [5, 5.41) is 0. The molecule has 0 aliphatic rings. The van der Waals surface area contributed by atoms with Crippen LogP contribution in [0, 0.1) is 13.8 Å². The predicted octanol–water partition coefficient (Wildman–Crippen LogP) is 3.51. The monoisotopic (exact) mass is 290 g/mol. The van der Waals surface area contributed by atoms with Gasteiger partial charge in [-0.3, -0.25) is 4.98 Å². The normalized spacial score (nSPS) is 12.5. The standard InChI is InChI=1S/C14H15BrN2/c1-9-5-6-17-8-12(9)14(16)11-3-4-13(15)10(2)7-11/h3-8,14H,16H2,1-2H3. The molecule has 2 nitrogen and oxygen atoms in total. The van der Waals surface area contributed by atoms with Crippen LogP contribution in [0.3, 0.4) is 0 Å². The molecule has 0 bridgehead atoms. The van der Waals surface area contributed by atoms with E-state index in [2.05, 4.69) is 40.8 Å². The Labute approximate surface area is 110 Å². The van der Waals surface area contributed by atoms with E-state index in [1.807, 2.05) is 24.4 Å². The van der Waals surface area contributed by atoms with Crippen molar-refractivity contribution in [1.29, 1.82) is 0 Å². The molecule has 17 heavy (non-hydrogen) atoms. The fourth-order valence-corrected chi connectivity index (χ4v) is 2.09. The third-order valence-corrected chi connectivity index (χ3v) is 3.85. The van der Waals surface area contributed by atoms with E-state index in [0.717, 1.165) is 15.6 Å². The molecule has 0 fully saturated rings. The molecule has 0 spiro atoms. The van der Waals surface area contributed by atoms with Gasteiger partial charge in [-0.1, -0.05) is 28.1 Å². The topological polar surface area (TPSA) is 38.9 Å². The summed E-state index contributed by atoms with van der Waals surface area (Å²) in [5.41, 5.74) is 10.8. The highest BCUT2D eigenvalue weighted by molar-refractivity contribution is 9.10. The van der Waals surface area contributed by atoms with Gasteiger partial charge >= 0.3 is 0 Å². The molecule has 0 amide bonds. The van der Waals surface area contributed by atoms with Gasteiger partial charge in [0.25, 0.3) is 0 Å². The van der Waals surface area contributed by atoms with E-state index >= 15 is 0 Å². The van der Waals surface area contributed by atoms with Crippen LogP contribution < -0.4 is 5.73 Å². The van der Waals surface area contributed by atoms with Gasteiger partial charge in [-0.25, -0.2) is 0 Å². The van der Waals surface area contributed by atoms with Crippen molar-refractivity contribution in [1.82, 2.24) is 4.98 Å². The fraction of sp³-hybridized carbons (Fsp3) is 0.214. The maximum absolute atomic E-state index is 6.28. The molecular formula is C14H15BrN2. The molecule has 1 aromatic carbocycles. The van der Waals surface area contributed by atoms with E-state index in [1.54, 1.807) is 6.20 Å². The van der Waals surface area contributed by atoms with Gasteiger partial charge in [0, 0.05) is 16.9 Å². The van der Waals surface area contributed by atoms with Crippen molar-refractivity contribution < 1.29 is 0 Å². The maximum Gasteiger partial charge on any atom is 0.0569 e. The molecule has 2 rings (SSSR count). The largest absolute Gasteiger partial charge is 0.320 e. The first-order valence-electron chi connectivity index (χ1n) is 5.51. The summed E-state index contributed by atoms with van der Waals surface area (Å²) in [4.78, 5) is 4.14.